The van der Waals surface area contributed by atoms with E-state index in [9.17, 15) is 10.1 Å². The van der Waals surface area contributed by atoms with Crippen molar-refractivity contribution in [2.45, 2.75) is 20.3 Å². The molecular weight excluding hydrogens is 355 g/mol. The molecule has 0 aliphatic heterocycles. The summed E-state index contributed by atoms with van der Waals surface area (Å²) >= 11 is 2.14. The topological polar surface area (TPSA) is 46.4 Å². The fourth-order valence-electron chi connectivity index (χ4n) is 1.61. The summed E-state index contributed by atoms with van der Waals surface area (Å²) in [6.07, 6.45) is 3.12. The summed E-state index contributed by atoms with van der Waals surface area (Å²) in [6.45, 7) is 6.31. The van der Waals surface area contributed by atoms with E-state index < -0.39 is 0 Å². The van der Waals surface area contributed by atoms with Crippen LogP contribution in [0.3, 0.4) is 0 Å². The van der Waals surface area contributed by atoms with E-state index in [0.717, 1.165) is 28.6 Å². The Labute approximate surface area is 127 Å². The average Bonchev–Trinajstić information content (AvgIpc) is 2.38. The lowest BCUT2D eigenvalue weighted by molar-refractivity contribution is -0.384. The van der Waals surface area contributed by atoms with Gasteiger partial charge in [-0.2, -0.15) is 0 Å². The average molecular weight is 374 g/mol. The molecule has 0 radical (unpaired) electrons. The SMILES string of the molecule is CCN(C)CC/C(C)=C\c1ccc([N+](=O)[O-])cc1I. The highest BCUT2D eigenvalue weighted by Crippen LogP contribution is 2.22. The second kappa shape index (κ2) is 7.59. The summed E-state index contributed by atoms with van der Waals surface area (Å²) in [7, 11) is 2.10. The minimum atomic E-state index is -0.362. The van der Waals surface area contributed by atoms with Crippen molar-refractivity contribution >= 4 is 34.4 Å². The van der Waals surface area contributed by atoms with Gasteiger partial charge in [-0.1, -0.05) is 18.6 Å². The molecular formula is C14H19IN2O2. The van der Waals surface area contributed by atoms with Gasteiger partial charge in [-0.3, -0.25) is 10.1 Å². The molecule has 0 aromatic heterocycles. The molecule has 0 spiro atoms. The van der Waals surface area contributed by atoms with Gasteiger partial charge in [0.1, 0.15) is 0 Å². The number of nitro groups is 1. The van der Waals surface area contributed by atoms with Crippen LogP contribution in [0.25, 0.3) is 6.08 Å². The molecule has 0 saturated heterocycles. The monoisotopic (exact) mass is 374 g/mol. The van der Waals surface area contributed by atoms with Crippen LogP contribution >= 0.6 is 22.6 Å². The van der Waals surface area contributed by atoms with E-state index in [4.69, 9.17) is 0 Å². The van der Waals surface area contributed by atoms with Gasteiger partial charge < -0.3 is 4.90 Å². The second-order valence-electron chi connectivity index (χ2n) is 4.60. The lowest BCUT2D eigenvalue weighted by Crippen LogP contribution is -2.18. The van der Waals surface area contributed by atoms with Crippen molar-refractivity contribution in [2.24, 2.45) is 0 Å². The van der Waals surface area contributed by atoms with Crippen molar-refractivity contribution in [1.29, 1.82) is 0 Å². The molecule has 5 heteroatoms. The summed E-state index contributed by atoms with van der Waals surface area (Å²) in [4.78, 5) is 12.6. The maximum atomic E-state index is 10.7. The molecule has 1 aromatic rings. The van der Waals surface area contributed by atoms with E-state index >= 15 is 0 Å². The maximum Gasteiger partial charge on any atom is 0.270 e. The number of hydrogen-bond acceptors (Lipinski definition) is 3. The van der Waals surface area contributed by atoms with Crippen LogP contribution in [0.15, 0.2) is 23.8 Å². The first-order valence-electron chi connectivity index (χ1n) is 6.23. The third-order valence-electron chi connectivity index (χ3n) is 3.02. The number of hydrogen-bond donors (Lipinski definition) is 0. The molecule has 0 bridgehead atoms. The first-order chi connectivity index (χ1) is 8.93. The molecule has 104 valence electrons. The Hall–Kier alpha value is -0.950. The molecule has 4 nitrogen and oxygen atoms in total. The van der Waals surface area contributed by atoms with E-state index in [1.165, 1.54) is 5.57 Å². The van der Waals surface area contributed by atoms with Crippen molar-refractivity contribution in [2.75, 3.05) is 20.1 Å². The maximum absolute atomic E-state index is 10.7. The molecule has 0 aliphatic rings. The highest BCUT2D eigenvalue weighted by Gasteiger charge is 2.07. The van der Waals surface area contributed by atoms with Crippen LogP contribution in [0.1, 0.15) is 25.8 Å². The fraction of sp³-hybridized carbons (Fsp3) is 0.429. The molecule has 1 aromatic carbocycles. The van der Waals surface area contributed by atoms with Crippen LogP contribution in [-0.2, 0) is 0 Å². The van der Waals surface area contributed by atoms with Gasteiger partial charge in [0.2, 0.25) is 0 Å². The van der Waals surface area contributed by atoms with Gasteiger partial charge >= 0.3 is 0 Å². The molecule has 1 rings (SSSR count). The van der Waals surface area contributed by atoms with E-state index in [0.29, 0.717) is 0 Å². The number of halogens is 1. The van der Waals surface area contributed by atoms with E-state index in [1.54, 1.807) is 12.1 Å². The summed E-state index contributed by atoms with van der Waals surface area (Å²) in [5.74, 6) is 0. The minimum Gasteiger partial charge on any atom is -0.306 e. The molecule has 0 atom stereocenters. The van der Waals surface area contributed by atoms with Gasteiger partial charge in [0.05, 0.1) is 4.92 Å². The standard InChI is InChI=1S/C14H19IN2O2/c1-4-16(3)8-7-11(2)9-12-5-6-13(17(18)19)10-14(12)15/h5-6,9-10H,4,7-8H2,1-3H3/b11-9-. The van der Waals surface area contributed by atoms with Crippen LogP contribution < -0.4 is 0 Å². The Morgan fingerprint density at radius 2 is 2.21 bits per heavy atom. The molecule has 0 aliphatic carbocycles. The largest absolute Gasteiger partial charge is 0.306 e. The van der Waals surface area contributed by atoms with Crippen LogP contribution in [0.5, 0.6) is 0 Å². The zero-order valence-electron chi connectivity index (χ0n) is 11.5. The predicted molar refractivity (Wildman–Crippen MR) is 87.3 cm³/mol. The fourth-order valence-corrected chi connectivity index (χ4v) is 2.26. The Kier molecular flexibility index (Phi) is 6.44. The Balaban J connectivity index is 2.78. The molecule has 0 amide bonds. The molecule has 0 fully saturated rings. The number of non-ortho nitro benzene ring substituents is 1. The zero-order chi connectivity index (χ0) is 14.4. The Morgan fingerprint density at radius 1 is 1.53 bits per heavy atom. The molecule has 0 heterocycles. The smallest absolute Gasteiger partial charge is 0.270 e. The second-order valence-corrected chi connectivity index (χ2v) is 5.76. The van der Waals surface area contributed by atoms with Crippen LogP contribution in [-0.4, -0.2) is 30.0 Å². The van der Waals surface area contributed by atoms with Gasteiger partial charge in [-0.15, -0.1) is 0 Å². The van der Waals surface area contributed by atoms with Crippen molar-refractivity contribution in [3.05, 3.63) is 43.0 Å². The third kappa shape index (κ3) is 5.28. The number of benzene rings is 1. The van der Waals surface area contributed by atoms with Gasteiger partial charge in [0.15, 0.2) is 0 Å². The first kappa shape index (κ1) is 16.1. The molecule has 19 heavy (non-hydrogen) atoms. The van der Waals surface area contributed by atoms with Crippen molar-refractivity contribution in [3.63, 3.8) is 0 Å². The normalized spacial score (nSPS) is 11.9. The molecule has 0 saturated carbocycles. The van der Waals surface area contributed by atoms with Gasteiger partial charge in [0.25, 0.3) is 5.69 Å². The zero-order valence-corrected chi connectivity index (χ0v) is 13.7. The predicted octanol–water partition coefficient (Wildman–Crippen LogP) is 3.94. The summed E-state index contributed by atoms with van der Waals surface area (Å²) in [5.41, 5.74) is 2.47. The highest BCUT2D eigenvalue weighted by atomic mass is 127. The van der Waals surface area contributed by atoms with E-state index in [-0.39, 0.29) is 10.6 Å². The quantitative estimate of drug-likeness (QED) is 0.431. The Bertz CT molecular complexity index is 486. The third-order valence-corrected chi connectivity index (χ3v) is 3.96. The van der Waals surface area contributed by atoms with Crippen molar-refractivity contribution in [1.82, 2.24) is 4.90 Å². The highest BCUT2D eigenvalue weighted by molar-refractivity contribution is 14.1. The number of nitro benzene ring substituents is 1. The summed E-state index contributed by atoms with van der Waals surface area (Å²) < 4.78 is 0.912. The summed E-state index contributed by atoms with van der Waals surface area (Å²) in [6, 6.07) is 4.98. The van der Waals surface area contributed by atoms with Crippen LogP contribution in [0.4, 0.5) is 5.69 Å². The van der Waals surface area contributed by atoms with E-state index in [1.807, 2.05) is 6.07 Å². The van der Waals surface area contributed by atoms with Crippen LogP contribution in [0.2, 0.25) is 0 Å². The lowest BCUT2D eigenvalue weighted by Gasteiger charge is -2.13. The van der Waals surface area contributed by atoms with Crippen LogP contribution in [0, 0.1) is 13.7 Å². The molecule has 0 N–H and O–H groups in total. The number of nitrogens with zero attached hydrogens (tertiary/aromatic N) is 2. The Morgan fingerprint density at radius 3 is 2.74 bits per heavy atom. The van der Waals surface area contributed by atoms with Gasteiger partial charge in [-0.25, -0.2) is 0 Å². The minimum absolute atomic E-state index is 0.143. The lowest BCUT2D eigenvalue weighted by atomic mass is 10.1. The first-order valence-corrected chi connectivity index (χ1v) is 7.31. The van der Waals surface area contributed by atoms with Crippen molar-refractivity contribution < 1.29 is 4.92 Å². The number of rotatable bonds is 6. The molecule has 0 unspecified atom stereocenters. The van der Waals surface area contributed by atoms with Gasteiger partial charge in [0, 0.05) is 22.2 Å². The van der Waals surface area contributed by atoms with Crippen molar-refractivity contribution in [3.8, 4) is 0 Å². The summed E-state index contributed by atoms with van der Waals surface area (Å²) in [5, 5.41) is 10.7. The van der Waals surface area contributed by atoms with E-state index in [2.05, 4.69) is 54.5 Å². The van der Waals surface area contributed by atoms with Gasteiger partial charge in [-0.05, 0) is 61.2 Å².